The Morgan fingerprint density at radius 2 is 1.85 bits per heavy atom. The van der Waals surface area contributed by atoms with Crippen LogP contribution in [0.15, 0.2) is 41.6 Å². The van der Waals surface area contributed by atoms with Gasteiger partial charge in [0.15, 0.2) is 0 Å². The van der Waals surface area contributed by atoms with Crippen molar-refractivity contribution in [2.45, 2.75) is 30.5 Å². The average molecular weight is 308 g/mol. The molecule has 20 heavy (non-hydrogen) atoms. The normalized spacial score (nSPS) is 10.7. The van der Waals surface area contributed by atoms with Crippen LogP contribution >= 0.6 is 23.4 Å². The highest BCUT2D eigenvalue weighted by Crippen LogP contribution is 2.22. The quantitative estimate of drug-likeness (QED) is 0.621. The second-order valence-electron chi connectivity index (χ2n) is 4.43. The fraction of sp³-hybridized carbons (Fsp3) is 0.333. The number of hydrogen-bond donors (Lipinski definition) is 1. The molecule has 0 amide bonds. The minimum Gasteiger partial charge on any atom is -0.313 e. The Kier molecular flexibility index (Phi) is 6.30. The zero-order valence-corrected chi connectivity index (χ0v) is 13.0. The van der Waals surface area contributed by atoms with Gasteiger partial charge in [0.25, 0.3) is 0 Å². The van der Waals surface area contributed by atoms with Crippen LogP contribution in [0.3, 0.4) is 0 Å². The third-order valence-corrected chi connectivity index (χ3v) is 3.96. The molecule has 0 atom stereocenters. The molecule has 2 rings (SSSR count). The summed E-state index contributed by atoms with van der Waals surface area (Å²) in [7, 11) is 0. The molecule has 0 spiro atoms. The van der Waals surface area contributed by atoms with Crippen LogP contribution in [0, 0.1) is 0 Å². The maximum absolute atomic E-state index is 5.86. The Labute approximate surface area is 129 Å². The number of nitrogens with zero attached hydrogens (tertiary/aromatic N) is 2. The Bertz CT molecular complexity index is 514. The van der Waals surface area contributed by atoms with Crippen LogP contribution in [0.5, 0.6) is 0 Å². The first-order chi connectivity index (χ1) is 9.78. The SMILES string of the molecule is CCCNCc1cnc(CSc2ccc(Cl)cc2)nc1. The van der Waals surface area contributed by atoms with E-state index >= 15 is 0 Å². The van der Waals surface area contributed by atoms with Crippen molar-refractivity contribution in [2.24, 2.45) is 0 Å². The summed E-state index contributed by atoms with van der Waals surface area (Å²) in [4.78, 5) is 9.96. The van der Waals surface area contributed by atoms with Crippen molar-refractivity contribution >= 4 is 23.4 Å². The molecule has 1 aromatic carbocycles. The van der Waals surface area contributed by atoms with Crippen molar-refractivity contribution in [1.82, 2.24) is 15.3 Å². The van der Waals surface area contributed by atoms with E-state index in [4.69, 9.17) is 11.6 Å². The molecule has 0 fully saturated rings. The van der Waals surface area contributed by atoms with Gasteiger partial charge in [0.2, 0.25) is 0 Å². The zero-order chi connectivity index (χ0) is 14.2. The molecule has 0 saturated carbocycles. The van der Waals surface area contributed by atoms with E-state index in [2.05, 4.69) is 22.2 Å². The third kappa shape index (κ3) is 5.12. The third-order valence-electron chi connectivity index (χ3n) is 2.70. The number of halogens is 1. The van der Waals surface area contributed by atoms with Crippen LogP contribution < -0.4 is 5.32 Å². The molecule has 0 aliphatic carbocycles. The summed E-state index contributed by atoms with van der Waals surface area (Å²) in [5.41, 5.74) is 1.12. The molecule has 3 nitrogen and oxygen atoms in total. The van der Waals surface area contributed by atoms with E-state index in [1.54, 1.807) is 11.8 Å². The van der Waals surface area contributed by atoms with Gasteiger partial charge < -0.3 is 5.32 Å². The first-order valence-electron chi connectivity index (χ1n) is 6.67. The van der Waals surface area contributed by atoms with Crippen molar-refractivity contribution in [1.29, 1.82) is 0 Å². The lowest BCUT2D eigenvalue weighted by atomic mass is 10.3. The minimum absolute atomic E-state index is 0.759. The highest BCUT2D eigenvalue weighted by Gasteiger charge is 2.00. The monoisotopic (exact) mass is 307 g/mol. The first-order valence-corrected chi connectivity index (χ1v) is 8.03. The van der Waals surface area contributed by atoms with Gasteiger partial charge in [0.1, 0.15) is 5.82 Å². The van der Waals surface area contributed by atoms with Gasteiger partial charge in [-0.25, -0.2) is 9.97 Å². The van der Waals surface area contributed by atoms with Crippen LogP contribution in [-0.4, -0.2) is 16.5 Å². The first kappa shape index (κ1) is 15.3. The molecule has 0 unspecified atom stereocenters. The van der Waals surface area contributed by atoms with Crippen LogP contribution in [0.4, 0.5) is 0 Å². The van der Waals surface area contributed by atoms with Crippen LogP contribution in [0.1, 0.15) is 24.7 Å². The lowest BCUT2D eigenvalue weighted by Crippen LogP contribution is -2.14. The van der Waals surface area contributed by atoms with E-state index < -0.39 is 0 Å². The number of nitrogens with one attached hydrogen (secondary N) is 1. The van der Waals surface area contributed by atoms with Gasteiger partial charge in [-0.05, 0) is 37.2 Å². The molecular formula is C15H18ClN3S. The number of hydrogen-bond acceptors (Lipinski definition) is 4. The Morgan fingerprint density at radius 1 is 1.15 bits per heavy atom. The fourth-order valence-electron chi connectivity index (χ4n) is 1.64. The number of benzene rings is 1. The number of thioether (sulfide) groups is 1. The maximum atomic E-state index is 5.86. The summed E-state index contributed by atoms with van der Waals surface area (Å²) in [5.74, 6) is 1.62. The minimum atomic E-state index is 0.759. The predicted octanol–water partition coefficient (Wildman–Crippen LogP) is 3.92. The summed E-state index contributed by atoms with van der Waals surface area (Å²) in [6.07, 6.45) is 4.93. The van der Waals surface area contributed by atoms with Crippen LogP contribution in [-0.2, 0) is 12.3 Å². The van der Waals surface area contributed by atoms with E-state index in [-0.39, 0.29) is 0 Å². The highest BCUT2D eigenvalue weighted by atomic mass is 35.5. The smallest absolute Gasteiger partial charge is 0.138 e. The highest BCUT2D eigenvalue weighted by molar-refractivity contribution is 7.98. The molecule has 1 N–H and O–H groups in total. The Balaban J connectivity index is 1.82. The molecule has 0 saturated heterocycles. The number of rotatable bonds is 7. The molecule has 1 aromatic heterocycles. The molecular weight excluding hydrogens is 290 g/mol. The topological polar surface area (TPSA) is 37.8 Å². The Hall–Kier alpha value is -1.10. The van der Waals surface area contributed by atoms with E-state index in [0.717, 1.165) is 41.7 Å². The second-order valence-corrected chi connectivity index (χ2v) is 5.91. The average Bonchev–Trinajstić information content (AvgIpc) is 2.48. The lowest BCUT2D eigenvalue weighted by molar-refractivity contribution is 0.671. The van der Waals surface area contributed by atoms with Crippen molar-refractivity contribution in [3.63, 3.8) is 0 Å². The van der Waals surface area contributed by atoms with Gasteiger partial charge in [-0.1, -0.05) is 18.5 Å². The van der Waals surface area contributed by atoms with Crippen LogP contribution in [0.25, 0.3) is 0 Å². The van der Waals surface area contributed by atoms with Gasteiger partial charge in [-0.3, -0.25) is 0 Å². The molecule has 5 heteroatoms. The van der Waals surface area contributed by atoms with Crippen molar-refractivity contribution in [2.75, 3.05) is 6.54 Å². The zero-order valence-electron chi connectivity index (χ0n) is 11.5. The van der Waals surface area contributed by atoms with Gasteiger partial charge in [-0.2, -0.15) is 0 Å². The second kappa shape index (κ2) is 8.25. The van der Waals surface area contributed by atoms with E-state index in [1.165, 1.54) is 4.90 Å². The van der Waals surface area contributed by atoms with Gasteiger partial charge in [0, 0.05) is 34.4 Å². The summed E-state index contributed by atoms with van der Waals surface area (Å²) in [5, 5.41) is 4.10. The van der Waals surface area contributed by atoms with Crippen LogP contribution in [0.2, 0.25) is 5.02 Å². The molecule has 0 radical (unpaired) electrons. The fourth-order valence-corrected chi connectivity index (χ4v) is 2.53. The van der Waals surface area contributed by atoms with E-state index in [9.17, 15) is 0 Å². The van der Waals surface area contributed by atoms with Crippen molar-refractivity contribution in [3.8, 4) is 0 Å². The Morgan fingerprint density at radius 3 is 2.50 bits per heavy atom. The van der Waals surface area contributed by atoms with E-state index in [1.807, 2.05) is 36.7 Å². The van der Waals surface area contributed by atoms with Gasteiger partial charge in [-0.15, -0.1) is 11.8 Å². The number of aromatic nitrogens is 2. The summed E-state index contributed by atoms with van der Waals surface area (Å²) >= 11 is 7.57. The molecule has 0 aliphatic rings. The summed E-state index contributed by atoms with van der Waals surface area (Å²) < 4.78 is 0. The molecule has 106 valence electrons. The summed E-state index contributed by atoms with van der Waals surface area (Å²) in [6, 6.07) is 7.81. The molecule has 0 bridgehead atoms. The van der Waals surface area contributed by atoms with E-state index in [0.29, 0.717) is 0 Å². The molecule has 2 aromatic rings. The van der Waals surface area contributed by atoms with Gasteiger partial charge >= 0.3 is 0 Å². The molecule has 1 heterocycles. The van der Waals surface area contributed by atoms with Crippen molar-refractivity contribution in [3.05, 3.63) is 53.1 Å². The largest absolute Gasteiger partial charge is 0.313 e. The molecule has 0 aliphatic heterocycles. The standard InChI is InChI=1S/C15H18ClN3S/c1-2-7-17-8-12-9-18-15(19-10-12)11-20-14-5-3-13(16)4-6-14/h3-6,9-10,17H,2,7-8,11H2,1H3. The van der Waals surface area contributed by atoms with Gasteiger partial charge in [0.05, 0.1) is 5.75 Å². The summed E-state index contributed by atoms with van der Waals surface area (Å²) in [6.45, 7) is 4.01. The maximum Gasteiger partial charge on any atom is 0.138 e. The lowest BCUT2D eigenvalue weighted by Gasteiger charge is -2.04. The van der Waals surface area contributed by atoms with Crippen molar-refractivity contribution < 1.29 is 0 Å². The predicted molar refractivity (Wildman–Crippen MR) is 85.0 cm³/mol.